The summed E-state index contributed by atoms with van der Waals surface area (Å²) < 4.78 is 2.35. The molecule has 0 bridgehead atoms. The Hall–Kier alpha value is -3.97. The van der Waals surface area contributed by atoms with Crippen molar-refractivity contribution < 1.29 is 5.11 Å². The number of nitrogens with one attached hydrogen (secondary N) is 1. The molecule has 5 rings (SSSR count). The first-order valence-electron chi connectivity index (χ1n) is 9.29. The van der Waals surface area contributed by atoms with E-state index < -0.39 is 0 Å². The Balaban J connectivity index is 1.61. The Kier molecular flexibility index (Phi) is 4.49. The quantitative estimate of drug-likeness (QED) is 0.330. The summed E-state index contributed by atoms with van der Waals surface area (Å²) in [5.74, 6) is -0.167. The van der Waals surface area contributed by atoms with Gasteiger partial charge in [0.15, 0.2) is 0 Å². The van der Waals surface area contributed by atoms with Crippen molar-refractivity contribution in [1.82, 2.24) is 9.55 Å². The third-order valence-corrected chi connectivity index (χ3v) is 5.71. The number of hydrazone groups is 1. The van der Waals surface area contributed by atoms with Crippen LogP contribution in [-0.2, 0) is 0 Å². The van der Waals surface area contributed by atoms with Crippen LogP contribution in [0, 0.1) is 0 Å². The molecule has 0 spiro atoms. The van der Waals surface area contributed by atoms with Crippen molar-refractivity contribution in [2.45, 2.75) is 0 Å². The summed E-state index contributed by atoms with van der Waals surface area (Å²) in [5.41, 5.74) is 4.56. The Labute approximate surface area is 175 Å². The van der Waals surface area contributed by atoms with Gasteiger partial charge in [0, 0.05) is 10.8 Å². The highest BCUT2D eigenvalue weighted by Crippen LogP contribution is 2.27. The predicted molar refractivity (Wildman–Crippen MR) is 122 cm³/mol. The van der Waals surface area contributed by atoms with Gasteiger partial charge in [-0.3, -0.25) is 10.2 Å². The lowest BCUT2D eigenvalue weighted by atomic mass is 10.1. The van der Waals surface area contributed by atoms with Crippen LogP contribution in [-0.4, -0.2) is 20.9 Å². The zero-order chi connectivity index (χ0) is 20.5. The minimum Gasteiger partial charge on any atom is -0.494 e. The molecule has 0 unspecified atom stereocenters. The second kappa shape index (κ2) is 7.46. The molecule has 2 aromatic heterocycles. The Morgan fingerprint density at radius 2 is 1.63 bits per heavy atom. The molecule has 0 atom stereocenters. The van der Waals surface area contributed by atoms with Crippen LogP contribution in [0.4, 0.5) is 5.13 Å². The molecule has 0 aliphatic heterocycles. The topological polar surface area (TPSA) is 79.5 Å². The van der Waals surface area contributed by atoms with E-state index in [2.05, 4.69) is 15.5 Å². The van der Waals surface area contributed by atoms with Crippen LogP contribution in [0.5, 0.6) is 5.88 Å². The maximum absolute atomic E-state index is 13.0. The number of rotatable bonds is 4. The van der Waals surface area contributed by atoms with Gasteiger partial charge in [0.1, 0.15) is 0 Å². The van der Waals surface area contributed by atoms with Gasteiger partial charge in [-0.15, -0.1) is 0 Å². The van der Waals surface area contributed by atoms with Crippen LogP contribution in [0.2, 0.25) is 0 Å². The number of pyridine rings is 1. The van der Waals surface area contributed by atoms with Gasteiger partial charge < -0.3 is 5.11 Å². The largest absolute Gasteiger partial charge is 0.494 e. The molecule has 0 saturated carbocycles. The number of hydrogen-bond acceptors (Lipinski definition) is 6. The van der Waals surface area contributed by atoms with Crippen molar-refractivity contribution in [3.8, 4) is 11.6 Å². The maximum atomic E-state index is 13.0. The number of aromatic nitrogens is 2. The third kappa shape index (κ3) is 3.11. The molecular formula is C23H16N4O2S. The molecule has 0 aliphatic carbocycles. The highest BCUT2D eigenvalue weighted by atomic mass is 32.1. The summed E-state index contributed by atoms with van der Waals surface area (Å²) in [6, 6.07) is 24.0. The van der Waals surface area contributed by atoms with Crippen molar-refractivity contribution in [2.24, 2.45) is 5.10 Å². The molecule has 6 nitrogen and oxygen atoms in total. The summed E-state index contributed by atoms with van der Waals surface area (Å²) in [6.07, 6.45) is 1.52. The molecule has 0 radical (unpaired) electrons. The Morgan fingerprint density at radius 3 is 2.43 bits per heavy atom. The number of thiazole rings is 1. The molecule has 2 heterocycles. The fourth-order valence-corrected chi connectivity index (χ4v) is 4.19. The van der Waals surface area contributed by atoms with Crippen molar-refractivity contribution in [1.29, 1.82) is 0 Å². The Morgan fingerprint density at radius 1 is 0.933 bits per heavy atom. The molecule has 0 fully saturated rings. The average Bonchev–Trinajstić information content (AvgIpc) is 3.20. The summed E-state index contributed by atoms with van der Waals surface area (Å²) >= 11 is 1.49. The molecular weight excluding hydrogens is 396 g/mol. The minimum atomic E-state index is -0.286. The number of benzene rings is 3. The smallest absolute Gasteiger partial charge is 0.265 e. The summed E-state index contributed by atoms with van der Waals surface area (Å²) in [5, 5.41) is 17.0. The van der Waals surface area contributed by atoms with E-state index >= 15 is 0 Å². The fourth-order valence-electron chi connectivity index (χ4n) is 3.38. The lowest BCUT2D eigenvalue weighted by Crippen LogP contribution is -2.20. The molecule has 30 heavy (non-hydrogen) atoms. The van der Waals surface area contributed by atoms with Crippen LogP contribution in [0.3, 0.4) is 0 Å². The van der Waals surface area contributed by atoms with Gasteiger partial charge >= 0.3 is 0 Å². The van der Waals surface area contributed by atoms with Crippen LogP contribution in [0.25, 0.3) is 26.7 Å². The van der Waals surface area contributed by atoms with Gasteiger partial charge in [0.05, 0.1) is 27.7 Å². The van der Waals surface area contributed by atoms with E-state index in [4.69, 9.17) is 0 Å². The number of para-hydroxylation sites is 2. The zero-order valence-corrected chi connectivity index (χ0v) is 16.5. The van der Waals surface area contributed by atoms with E-state index in [1.54, 1.807) is 30.3 Å². The molecule has 2 N–H and O–H groups in total. The molecule has 0 aliphatic rings. The normalized spacial score (nSPS) is 11.5. The van der Waals surface area contributed by atoms with E-state index in [9.17, 15) is 9.90 Å². The van der Waals surface area contributed by atoms with E-state index in [0.717, 1.165) is 10.2 Å². The highest BCUT2D eigenvalue weighted by molar-refractivity contribution is 7.22. The summed E-state index contributed by atoms with van der Waals surface area (Å²) in [7, 11) is 0. The first-order valence-corrected chi connectivity index (χ1v) is 10.1. The second-order valence-electron chi connectivity index (χ2n) is 6.62. The van der Waals surface area contributed by atoms with Gasteiger partial charge in [-0.25, -0.2) is 9.55 Å². The minimum absolute atomic E-state index is 0.167. The summed E-state index contributed by atoms with van der Waals surface area (Å²) in [6.45, 7) is 0. The average molecular weight is 412 g/mol. The Bertz CT molecular complexity index is 1420. The van der Waals surface area contributed by atoms with Gasteiger partial charge in [-0.05, 0) is 30.3 Å². The first-order chi connectivity index (χ1) is 14.7. The molecule has 3 aromatic carbocycles. The van der Waals surface area contributed by atoms with Crippen LogP contribution in [0.1, 0.15) is 5.56 Å². The van der Waals surface area contributed by atoms with E-state index in [-0.39, 0.29) is 11.4 Å². The van der Waals surface area contributed by atoms with Crippen molar-refractivity contribution in [2.75, 3.05) is 5.43 Å². The number of nitrogens with zero attached hydrogens (tertiary/aromatic N) is 3. The number of aromatic hydroxyl groups is 1. The summed E-state index contributed by atoms with van der Waals surface area (Å²) in [4.78, 5) is 17.5. The van der Waals surface area contributed by atoms with Crippen molar-refractivity contribution >= 4 is 43.7 Å². The predicted octanol–water partition coefficient (Wildman–Crippen LogP) is 4.75. The van der Waals surface area contributed by atoms with Crippen LogP contribution < -0.4 is 11.0 Å². The molecule has 5 aromatic rings. The molecule has 7 heteroatoms. The van der Waals surface area contributed by atoms with Crippen molar-refractivity contribution in [3.05, 3.63) is 94.8 Å². The number of anilines is 1. The van der Waals surface area contributed by atoms with E-state index in [1.165, 1.54) is 22.1 Å². The van der Waals surface area contributed by atoms with Crippen LogP contribution >= 0.6 is 11.3 Å². The molecule has 146 valence electrons. The zero-order valence-electron chi connectivity index (χ0n) is 15.7. The highest BCUT2D eigenvalue weighted by Gasteiger charge is 2.16. The van der Waals surface area contributed by atoms with E-state index in [1.807, 2.05) is 48.5 Å². The monoisotopic (exact) mass is 412 g/mol. The maximum Gasteiger partial charge on any atom is 0.265 e. The molecule has 0 amide bonds. The van der Waals surface area contributed by atoms with E-state index in [0.29, 0.717) is 27.2 Å². The van der Waals surface area contributed by atoms with Crippen LogP contribution in [0.15, 0.2) is 88.8 Å². The standard InChI is InChI=1S/C23H16N4O2S/c28-21-17-11-5-4-10-16(17)18(22(29)27(21)15-8-2-1-3-9-15)14-24-26-23-25-19-12-6-7-13-20(19)30-23/h1-14,29H,(H,25,26)/b24-14+. The van der Waals surface area contributed by atoms with Crippen molar-refractivity contribution in [3.63, 3.8) is 0 Å². The number of hydrogen-bond donors (Lipinski definition) is 2. The first kappa shape index (κ1) is 18.1. The third-order valence-electron chi connectivity index (χ3n) is 4.77. The lowest BCUT2D eigenvalue weighted by Gasteiger charge is -2.13. The lowest BCUT2D eigenvalue weighted by molar-refractivity contribution is 0.436. The fraction of sp³-hybridized carbons (Fsp3) is 0. The van der Waals surface area contributed by atoms with Gasteiger partial charge in [-0.2, -0.15) is 5.10 Å². The van der Waals surface area contributed by atoms with Gasteiger partial charge in [0.25, 0.3) is 5.56 Å². The number of fused-ring (bicyclic) bond motifs is 2. The second-order valence-corrected chi connectivity index (χ2v) is 7.65. The molecule has 0 saturated heterocycles. The van der Waals surface area contributed by atoms with Gasteiger partial charge in [-0.1, -0.05) is 59.9 Å². The van der Waals surface area contributed by atoms with Gasteiger partial charge in [0.2, 0.25) is 11.0 Å². The SMILES string of the molecule is O=c1c2ccccc2c(/C=N/Nc2nc3ccccc3s2)c(O)n1-c1ccccc1.